The van der Waals surface area contributed by atoms with Crippen molar-refractivity contribution >= 4 is 22.6 Å². The number of hydrogen-bond acceptors (Lipinski definition) is 3. The van der Waals surface area contributed by atoms with Crippen molar-refractivity contribution in [3.63, 3.8) is 0 Å². The minimum absolute atomic E-state index is 0.516. The minimum Gasteiger partial charge on any atom is -0.346 e. The van der Waals surface area contributed by atoms with Crippen molar-refractivity contribution in [3.05, 3.63) is 87.7 Å². The van der Waals surface area contributed by atoms with Gasteiger partial charge >= 0.3 is 0 Å². The summed E-state index contributed by atoms with van der Waals surface area (Å²) in [6.07, 6.45) is 11.3. The highest BCUT2D eigenvalue weighted by atomic mass is 35.5. The summed E-state index contributed by atoms with van der Waals surface area (Å²) in [6.45, 7) is 4.17. The molecule has 0 atom stereocenters. The average molecular weight is 363 g/mol. The number of nitrogens with zero attached hydrogens (tertiary/aromatic N) is 3. The first kappa shape index (κ1) is 16.7. The van der Waals surface area contributed by atoms with Gasteiger partial charge in [-0.05, 0) is 65.8 Å². The lowest BCUT2D eigenvalue weighted by Crippen LogP contribution is -2.01. The first-order chi connectivity index (χ1) is 12.6. The van der Waals surface area contributed by atoms with E-state index in [1.54, 1.807) is 0 Å². The lowest BCUT2D eigenvalue weighted by Gasteiger charge is -2.12. The fourth-order valence-corrected chi connectivity index (χ4v) is 3.39. The molecule has 4 heterocycles. The molecule has 0 unspecified atom stereocenters. The summed E-state index contributed by atoms with van der Waals surface area (Å²) in [5.41, 5.74) is 8.16. The third-order valence-corrected chi connectivity index (χ3v) is 4.89. The normalized spacial score (nSPS) is 11.2. The molecule has 0 fully saturated rings. The van der Waals surface area contributed by atoms with Crippen LogP contribution >= 0.6 is 11.6 Å². The van der Waals surface area contributed by atoms with E-state index in [9.17, 15) is 0 Å². The average Bonchev–Trinajstić information content (AvgIpc) is 3.02. The zero-order chi connectivity index (χ0) is 18.1. The van der Waals surface area contributed by atoms with E-state index in [2.05, 4.69) is 39.8 Å². The van der Waals surface area contributed by atoms with Crippen LogP contribution in [0.2, 0.25) is 5.15 Å². The smallest absolute Gasteiger partial charge is 0.137 e. The number of aryl methyl sites for hydroxylation is 2. The van der Waals surface area contributed by atoms with Gasteiger partial charge in [0.05, 0.1) is 0 Å². The Morgan fingerprint density at radius 1 is 0.962 bits per heavy atom. The maximum absolute atomic E-state index is 5.91. The zero-order valence-corrected chi connectivity index (χ0v) is 15.5. The van der Waals surface area contributed by atoms with Crippen LogP contribution in [0, 0.1) is 13.8 Å². The van der Waals surface area contributed by atoms with E-state index in [1.807, 2.05) is 43.1 Å². The van der Waals surface area contributed by atoms with Crippen LogP contribution in [0.25, 0.3) is 11.0 Å². The van der Waals surface area contributed by atoms with E-state index < -0.39 is 0 Å². The Bertz CT molecular complexity index is 1070. The summed E-state index contributed by atoms with van der Waals surface area (Å²) in [4.78, 5) is 16.4. The van der Waals surface area contributed by atoms with Crippen molar-refractivity contribution in [2.24, 2.45) is 0 Å². The Morgan fingerprint density at radius 2 is 1.85 bits per heavy atom. The molecule has 130 valence electrons. The topological polar surface area (TPSA) is 54.5 Å². The summed E-state index contributed by atoms with van der Waals surface area (Å²) in [5.74, 6) is 0. The Kier molecular flexibility index (Phi) is 4.43. The predicted octanol–water partition coefficient (Wildman–Crippen LogP) is 4.80. The Labute approximate surface area is 157 Å². The van der Waals surface area contributed by atoms with Gasteiger partial charge in [-0.2, -0.15) is 0 Å². The van der Waals surface area contributed by atoms with Gasteiger partial charge < -0.3 is 4.98 Å². The lowest BCUT2D eigenvalue weighted by atomic mass is 9.94. The highest BCUT2D eigenvalue weighted by Gasteiger charge is 2.12. The molecule has 0 aliphatic rings. The summed E-state index contributed by atoms with van der Waals surface area (Å²) in [7, 11) is 0. The van der Waals surface area contributed by atoms with E-state index in [0.717, 1.165) is 29.6 Å². The van der Waals surface area contributed by atoms with Crippen LogP contribution in [0.5, 0.6) is 0 Å². The van der Waals surface area contributed by atoms with E-state index in [0.29, 0.717) is 5.15 Å². The largest absolute Gasteiger partial charge is 0.346 e. The number of halogens is 1. The van der Waals surface area contributed by atoms with Gasteiger partial charge in [0.25, 0.3) is 0 Å². The molecule has 4 aromatic rings. The molecule has 0 amide bonds. The minimum atomic E-state index is 0.516. The summed E-state index contributed by atoms with van der Waals surface area (Å²) < 4.78 is 0. The summed E-state index contributed by atoms with van der Waals surface area (Å²) in [5, 5.41) is 1.69. The van der Waals surface area contributed by atoms with E-state index >= 15 is 0 Å². The van der Waals surface area contributed by atoms with Crippen LogP contribution in [0.3, 0.4) is 0 Å². The standard InChI is InChI=1S/C21H19ClN4/c1-13-5-19-17(12-26-21(19)25-8-13)7-16-11-23-9-14(2)18(16)6-15-3-4-20(22)24-10-15/h3-5,8-12H,6-7H2,1-2H3,(H,25,26). The van der Waals surface area contributed by atoms with Crippen LogP contribution in [0.15, 0.2) is 49.2 Å². The van der Waals surface area contributed by atoms with Gasteiger partial charge in [-0.3, -0.25) is 4.98 Å². The van der Waals surface area contributed by atoms with Crippen molar-refractivity contribution in [1.29, 1.82) is 0 Å². The number of aromatic amines is 1. The van der Waals surface area contributed by atoms with Crippen LogP contribution in [0.1, 0.15) is 33.4 Å². The molecular formula is C21H19ClN4. The maximum Gasteiger partial charge on any atom is 0.137 e. The second-order valence-electron chi connectivity index (χ2n) is 6.66. The summed E-state index contributed by atoms with van der Waals surface area (Å²) >= 11 is 5.91. The van der Waals surface area contributed by atoms with Crippen LogP contribution in [0.4, 0.5) is 0 Å². The molecule has 1 N–H and O–H groups in total. The first-order valence-corrected chi connectivity index (χ1v) is 8.93. The van der Waals surface area contributed by atoms with Gasteiger partial charge in [0.2, 0.25) is 0 Å². The van der Waals surface area contributed by atoms with Crippen molar-refractivity contribution in [2.75, 3.05) is 0 Å². The molecule has 0 aromatic carbocycles. The van der Waals surface area contributed by atoms with E-state index in [-0.39, 0.29) is 0 Å². The van der Waals surface area contributed by atoms with E-state index in [1.165, 1.54) is 27.6 Å². The first-order valence-electron chi connectivity index (χ1n) is 8.55. The molecule has 0 saturated carbocycles. The summed E-state index contributed by atoms with van der Waals surface area (Å²) in [6, 6.07) is 6.04. The molecule has 0 saturated heterocycles. The third kappa shape index (κ3) is 3.33. The Hall–Kier alpha value is -2.72. The molecule has 26 heavy (non-hydrogen) atoms. The number of H-pyrrole nitrogens is 1. The molecule has 0 aliphatic heterocycles. The Morgan fingerprint density at radius 3 is 2.65 bits per heavy atom. The number of pyridine rings is 3. The van der Waals surface area contributed by atoms with Gasteiger partial charge in [-0.15, -0.1) is 0 Å². The van der Waals surface area contributed by atoms with E-state index in [4.69, 9.17) is 11.6 Å². The van der Waals surface area contributed by atoms with Crippen molar-refractivity contribution in [1.82, 2.24) is 19.9 Å². The van der Waals surface area contributed by atoms with Gasteiger partial charge in [0.15, 0.2) is 0 Å². The van der Waals surface area contributed by atoms with Gasteiger partial charge in [-0.25, -0.2) is 9.97 Å². The van der Waals surface area contributed by atoms with Crippen molar-refractivity contribution in [2.45, 2.75) is 26.7 Å². The SMILES string of the molecule is Cc1cnc2[nH]cc(Cc3cncc(C)c3Cc3ccc(Cl)nc3)c2c1. The molecule has 0 bridgehead atoms. The molecule has 4 rings (SSSR count). The molecule has 0 radical (unpaired) electrons. The predicted molar refractivity (Wildman–Crippen MR) is 105 cm³/mol. The van der Waals surface area contributed by atoms with Crippen LogP contribution < -0.4 is 0 Å². The van der Waals surface area contributed by atoms with Crippen LogP contribution in [-0.2, 0) is 12.8 Å². The van der Waals surface area contributed by atoms with Crippen molar-refractivity contribution < 1.29 is 0 Å². The molecule has 4 nitrogen and oxygen atoms in total. The fraction of sp³-hybridized carbons (Fsp3) is 0.190. The number of nitrogens with one attached hydrogen (secondary N) is 1. The molecular weight excluding hydrogens is 344 g/mol. The number of aromatic nitrogens is 4. The van der Waals surface area contributed by atoms with Crippen LogP contribution in [-0.4, -0.2) is 19.9 Å². The van der Waals surface area contributed by atoms with Crippen molar-refractivity contribution in [3.8, 4) is 0 Å². The molecule has 5 heteroatoms. The highest BCUT2D eigenvalue weighted by molar-refractivity contribution is 6.29. The number of hydrogen-bond donors (Lipinski definition) is 1. The Balaban J connectivity index is 1.71. The maximum atomic E-state index is 5.91. The quantitative estimate of drug-likeness (QED) is 0.530. The second-order valence-corrected chi connectivity index (χ2v) is 7.05. The van der Waals surface area contributed by atoms with Gasteiger partial charge in [0.1, 0.15) is 10.8 Å². The molecule has 0 aliphatic carbocycles. The lowest BCUT2D eigenvalue weighted by molar-refractivity contribution is 1.03. The monoisotopic (exact) mass is 362 g/mol. The number of fused-ring (bicyclic) bond motifs is 1. The molecule has 4 aromatic heterocycles. The third-order valence-electron chi connectivity index (χ3n) is 4.67. The van der Waals surface area contributed by atoms with Gasteiger partial charge in [0, 0.05) is 42.8 Å². The number of rotatable bonds is 4. The van der Waals surface area contributed by atoms with Gasteiger partial charge in [-0.1, -0.05) is 17.7 Å². The molecule has 0 spiro atoms. The zero-order valence-electron chi connectivity index (χ0n) is 14.8. The second kappa shape index (κ2) is 6.89. The fourth-order valence-electron chi connectivity index (χ4n) is 3.28. The highest BCUT2D eigenvalue weighted by Crippen LogP contribution is 2.25.